The Labute approximate surface area is 124 Å². The molecule has 0 atom stereocenters. The van der Waals surface area contributed by atoms with Crippen LogP contribution in [0.2, 0.25) is 0 Å². The molecular weight excluding hydrogens is 288 g/mol. The predicted molar refractivity (Wildman–Crippen MR) is 82.9 cm³/mol. The number of hydrogen-bond acceptors (Lipinski definition) is 4. The lowest BCUT2D eigenvalue weighted by Gasteiger charge is -2.19. The van der Waals surface area contributed by atoms with Gasteiger partial charge in [0, 0.05) is 13.1 Å². The summed E-state index contributed by atoms with van der Waals surface area (Å²) < 4.78 is 26.2. The van der Waals surface area contributed by atoms with E-state index in [1.165, 1.54) is 19.2 Å². The molecule has 2 aromatic carbocycles. The van der Waals surface area contributed by atoms with Gasteiger partial charge in [0.25, 0.3) is 10.0 Å². The monoisotopic (exact) mass is 306 g/mol. The van der Waals surface area contributed by atoms with Crippen molar-refractivity contribution >= 4 is 15.7 Å². The smallest absolute Gasteiger partial charge is 0.264 e. The second-order valence-corrected chi connectivity index (χ2v) is 6.64. The minimum atomic E-state index is -3.65. The van der Waals surface area contributed by atoms with Crippen LogP contribution in [0, 0.1) is 0 Å². The third kappa shape index (κ3) is 3.34. The van der Waals surface area contributed by atoms with Crippen LogP contribution in [0.25, 0.3) is 0 Å². The van der Waals surface area contributed by atoms with Gasteiger partial charge in [-0.15, -0.1) is 0 Å². The summed E-state index contributed by atoms with van der Waals surface area (Å²) in [6.45, 7) is 0.523. The van der Waals surface area contributed by atoms with Crippen molar-refractivity contribution in [2.45, 2.75) is 11.3 Å². The second-order valence-electron chi connectivity index (χ2n) is 4.68. The maximum Gasteiger partial charge on any atom is 0.264 e. The van der Waals surface area contributed by atoms with E-state index in [1.54, 1.807) is 36.4 Å². The number of hydrogen-bond donors (Lipinski definition) is 2. The van der Waals surface area contributed by atoms with Crippen LogP contribution in [0.3, 0.4) is 0 Å². The van der Waals surface area contributed by atoms with Crippen LogP contribution in [0.5, 0.6) is 5.75 Å². The van der Waals surface area contributed by atoms with E-state index in [2.05, 4.69) is 0 Å². The molecule has 112 valence electrons. The topological polar surface area (TPSA) is 83.6 Å². The largest absolute Gasteiger partial charge is 0.508 e. The van der Waals surface area contributed by atoms with E-state index < -0.39 is 10.0 Å². The summed E-state index contributed by atoms with van der Waals surface area (Å²) in [5.74, 6) is 0.0212. The van der Waals surface area contributed by atoms with E-state index in [0.29, 0.717) is 18.7 Å². The summed E-state index contributed by atoms with van der Waals surface area (Å²) in [6, 6.07) is 12.8. The number of nitrogens with zero attached hydrogens (tertiary/aromatic N) is 1. The fourth-order valence-corrected chi connectivity index (χ4v) is 3.17. The van der Waals surface area contributed by atoms with Crippen molar-refractivity contribution < 1.29 is 13.5 Å². The second kappa shape index (κ2) is 6.15. The molecule has 0 unspecified atom stereocenters. The Morgan fingerprint density at radius 1 is 1.14 bits per heavy atom. The maximum absolute atomic E-state index is 12.5. The van der Waals surface area contributed by atoms with Gasteiger partial charge >= 0.3 is 0 Å². The van der Waals surface area contributed by atoms with Crippen LogP contribution in [-0.2, 0) is 16.4 Å². The normalized spacial score (nSPS) is 11.3. The van der Waals surface area contributed by atoms with E-state index in [0.717, 1.165) is 9.87 Å². The predicted octanol–water partition coefficient (Wildman–Crippen LogP) is 1.72. The molecule has 0 saturated carbocycles. The highest BCUT2D eigenvalue weighted by Crippen LogP contribution is 2.25. The molecule has 0 saturated heterocycles. The van der Waals surface area contributed by atoms with Crippen LogP contribution >= 0.6 is 0 Å². The Morgan fingerprint density at radius 2 is 1.81 bits per heavy atom. The van der Waals surface area contributed by atoms with Gasteiger partial charge in [-0.05, 0) is 42.8 Å². The van der Waals surface area contributed by atoms with Gasteiger partial charge in [0.1, 0.15) is 5.75 Å². The van der Waals surface area contributed by atoms with Gasteiger partial charge in [-0.3, -0.25) is 4.31 Å². The molecule has 0 radical (unpaired) electrons. The van der Waals surface area contributed by atoms with Crippen LogP contribution in [-0.4, -0.2) is 27.1 Å². The molecule has 0 amide bonds. The van der Waals surface area contributed by atoms with Gasteiger partial charge in [0.05, 0.1) is 10.6 Å². The summed E-state index contributed by atoms with van der Waals surface area (Å²) in [4.78, 5) is 0.203. The number of nitrogens with two attached hydrogens (primary N) is 1. The molecule has 0 aliphatic carbocycles. The highest BCUT2D eigenvalue weighted by atomic mass is 32.2. The Morgan fingerprint density at radius 3 is 2.38 bits per heavy atom. The number of benzene rings is 2. The zero-order valence-corrected chi connectivity index (χ0v) is 12.5. The average molecular weight is 306 g/mol. The number of sulfonamides is 1. The summed E-state index contributed by atoms with van der Waals surface area (Å²) in [6.07, 6.45) is 0.711. The molecule has 0 aliphatic heterocycles. The first-order valence-corrected chi connectivity index (χ1v) is 7.96. The molecule has 3 N–H and O–H groups in total. The maximum atomic E-state index is 12.5. The van der Waals surface area contributed by atoms with Crippen molar-refractivity contribution in [1.29, 1.82) is 0 Å². The summed E-state index contributed by atoms with van der Waals surface area (Å²) >= 11 is 0. The van der Waals surface area contributed by atoms with E-state index in [1.807, 2.05) is 0 Å². The third-order valence-corrected chi connectivity index (χ3v) is 5.01. The third-order valence-electron chi connectivity index (χ3n) is 3.21. The standard InChI is InChI=1S/C15H18N2O3S/c1-17(13-3-2-4-14(18)11-13)21(19,20)15-7-5-12(6-8-15)9-10-16/h2-8,11,18H,9-10,16H2,1H3. The van der Waals surface area contributed by atoms with Gasteiger partial charge in [-0.2, -0.15) is 0 Å². The minimum absolute atomic E-state index is 0.0212. The number of anilines is 1. The van der Waals surface area contributed by atoms with E-state index in [9.17, 15) is 13.5 Å². The molecule has 21 heavy (non-hydrogen) atoms. The Balaban J connectivity index is 2.32. The Hall–Kier alpha value is -2.05. The van der Waals surface area contributed by atoms with Crippen molar-refractivity contribution in [3.8, 4) is 5.75 Å². The zero-order valence-electron chi connectivity index (χ0n) is 11.7. The van der Waals surface area contributed by atoms with Crippen molar-refractivity contribution in [3.05, 3.63) is 54.1 Å². The quantitative estimate of drug-likeness (QED) is 0.881. The first-order valence-electron chi connectivity index (χ1n) is 6.52. The first-order chi connectivity index (χ1) is 9.95. The molecular formula is C15H18N2O3S. The molecule has 2 rings (SSSR count). The summed E-state index contributed by atoms with van der Waals surface area (Å²) in [5, 5.41) is 9.46. The van der Waals surface area contributed by atoms with Gasteiger partial charge in [-0.25, -0.2) is 8.42 Å². The molecule has 6 heteroatoms. The lowest BCUT2D eigenvalue weighted by atomic mass is 10.2. The highest BCUT2D eigenvalue weighted by molar-refractivity contribution is 7.92. The van der Waals surface area contributed by atoms with Gasteiger partial charge < -0.3 is 10.8 Å². The molecule has 2 aromatic rings. The van der Waals surface area contributed by atoms with Crippen molar-refractivity contribution in [1.82, 2.24) is 0 Å². The highest BCUT2D eigenvalue weighted by Gasteiger charge is 2.21. The van der Waals surface area contributed by atoms with Crippen LogP contribution in [0.1, 0.15) is 5.56 Å². The van der Waals surface area contributed by atoms with Gasteiger partial charge in [0.2, 0.25) is 0 Å². The SMILES string of the molecule is CN(c1cccc(O)c1)S(=O)(=O)c1ccc(CCN)cc1. The average Bonchev–Trinajstić information content (AvgIpc) is 2.47. The van der Waals surface area contributed by atoms with Crippen molar-refractivity contribution in [2.24, 2.45) is 5.73 Å². The summed E-state index contributed by atoms with van der Waals surface area (Å²) in [5.41, 5.74) is 6.87. The van der Waals surface area contributed by atoms with Crippen molar-refractivity contribution in [2.75, 3.05) is 17.9 Å². The number of rotatable bonds is 5. The zero-order chi connectivity index (χ0) is 15.5. The van der Waals surface area contributed by atoms with Gasteiger partial charge in [-0.1, -0.05) is 18.2 Å². The van der Waals surface area contributed by atoms with Gasteiger partial charge in [0.15, 0.2) is 0 Å². The molecule has 0 heterocycles. The number of phenols is 1. The lowest BCUT2D eigenvalue weighted by Crippen LogP contribution is -2.26. The van der Waals surface area contributed by atoms with E-state index in [4.69, 9.17) is 5.73 Å². The minimum Gasteiger partial charge on any atom is -0.508 e. The fourth-order valence-electron chi connectivity index (χ4n) is 1.98. The van der Waals surface area contributed by atoms with E-state index >= 15 is 0 Å². The molecule has 0 spiro atoms. The Bertz CT molecular complexity index is 712. The lowest BCUT2D eigenvalue weighted by molar-refractivity contribution is 0.475. The van der Waals surface area contributed by atoms with Crippen molar-refractivity contribution in [3.63, 3.8) is 0 Å². The molecule has 0 aliphatic rings. The first kappa shape index (κ1) is 15.3. The van der Waals surface area contributed by atoms with E-state index in [-0.39, 0.29) is 10.6 Å². The molecule has 0 bridgehead atoms. The Kier molecular flexibility index (Phi) is 4.50. The van der Waals surface area contributed by atoms with Crippen LogP contribution in [0.4, 0.5) is 5.69 Å². The summed E-state index contributed by atoms with van der Waals surface area (Å²) in [7, 11) is -2.19. The fraction of sp³-hybridized carbons (Fsp3) is 0.200. The number of phenolic OH excluding ortho intramolecular Hbond substituents is 1. The number of aromatic hydroxyl groups is 1. The molecule has 0 fully saturated rings. The van der Waals surface area contributed by atoms with Crippen LogP contribution < -0.4 is 10.0 Å². The van der Waals surface area contributed by atoms with Crippen LogP contribution in [0.15, 0.2) is 53.4 Å². The molecule has 0 aromatic heterocycles. The molecule has 5 nitrogen and oxygen atoms in total.